The first-order chi connectivity index (χ1) is 9.22. The summed E-state index contributed by atoms with van der Waals surface area (Å²) in [5.41, 5.74) is 1.21. The fourth-order valence-electron chi connectivity index (χ4n) is 2.35. The summed E-state index contributed by atoms with van der Waals surface area (Å²) in [7, 11) is 0. The van der Waals surface area contributed by atoms with Crippen molar-refractivity contribution in [2.45, 2.75) is 52.1 Å². The predicted octanol–water partition coefficient (Wildman–Crippen LogP) is 3.27. The fourth-order valence-corrected chi connectivity index (χ4v) is 3.25. The number of aromatic nitrogens is 1. The molecule has 2 aliphatic rings. The van der Waals surface area contributed by atoms with Gasteiger partial charge in [0.15, 0.2) is 5.13 Å². The minimum Gasteiger partial charge on any atom is -0.345 e. The molecule has 1 heterocycles. The van der Waals surface area contributed by atoms with E-state index >= 15 is 0 Å². The van der Waals surface area contributed by atoms with Crippen molar-refractivity contribution in [1.82, 2.24) is 10.3 Å². The van der Waals surface area contributed by atoms with Gasteiger partial charge >= 0.3 is 0 Å². The number of hydrogen-bond donors (Lipinski definition) is 1. The molecule has 0 atom stereocenters. The molecule has 106 valence electrons. The van der Waals surface area contributed by atoms with Crippen LogP contribution in [-0.4, -0.2) is 24.1 Å². The van der Waals surface area contributed by atoms with Gasteiger partial charge in [-0.1, -0.05) is 13.8 Å². The molecule has 1 aromatic heterocycles. The topological polar surface area (TPSA) is 28.2 Å². The van der Waals surface area contributed by atoms with Gasteiger partial charge in [0.1, 0.15) is 0 Å². The first-order valence-electron chi connectivity index (χ1n) is 7.64. The molecule has 1 aromatic rings. The molecule has 0 amide bonds. The lowest BCUT2D eigenvalue weighted by Gasteiger charge is -2.21. The molecule has 0 spiro atoms. The quantitative estimate of drug-likeness (QED) is 0.791. The summed E-state index contributed by atoms with van der Waals surface area (Å²) in [6, 6.07) is 0.795. The molecule has 3 nitrogen and oxygen atoms in total. The van der Waals surface area contributed by atoms with Gasteiger partial charge in [-0.25, -0.2) is 4.98 Å². The monoisotopic (exact) mass is 279 g/mol. The molecule has 19 heavy (non-hydrogen) atoms. The Kier molecular flexibility index (Phi) is 4.08. The van der Waals surface area contributed by atoms with Crippen molar-refractivity contribution in [2.75, 3.05) is 18.0 Å². The zero-order chi connectivity index (χ0) is 13.2. The lowest BCUT2D eigenvalue weighted by molar-refractivity contribution is 0.549. The molecule has 0 unspecified atom stereocenters. The number of nitrogens with zero attached hydrogens (tertiary/aromatic N) is 2. The molecule has 2 fully saturated rings. The Labute approximate surface area is 120 Å². The van der Waals surface area contributed by atoms with Crippen molar-refractivity contribution < 1.29 is 0 Å². The third kappa shape index (κ3) is 3.93. The SMILES string of the molecule is CC(C)CNCc1csc(N(CC2CC2)C2CC2)n1. The lowest BCUT2D eigenvalue weighted by atomic mass is 10.2. The average Bonchev–Trinajstić information content (AvgIpc) is 3.26. The normalized spacial score (nSPS) is 19.1. The largest absolute Gasteiger partial charge is 0.345 e. The Morgan fingerprint density at radius 3 is 2.79 bits per heavy atom. The van der Waals surface area contributed by atoms with Crippen molar-refractivity contribution in [3.05, 3.63) is 11.1 Å². The fraction of sp³-hybridized carbons (Fsp3) is 0.800. The van der Waals surface area contributed by atoms with Crippen LogP contribution in [0.15, 0.2) is 5.38 Å². The van der Waals surface area contributed by atoms with Crippen molar-refractivity contribution in [3.8, 4) is 0 Å². The van der Waals surface area contributed by atoms with Crippen LogP contribution in [-0.2, 0) is 6.54 Å². The van der Waals surface area contributed by atoms with Crippen molar-refractivity contribution in [1.29, 1.82) is 0 Å². The van der Waals surface area contributed by atoms with Gasteiger partial charge in [-0.05, 0) is 44.1 Å². The summed E-state index contributed by atoms with van der Waals surface area (Å²) in [6.07, 6.45) is 5.59. The van der Waals surface area contributed by atoms with E-state index < -0.39 is 0 Å². The minimum absolute atomic E-state index is 0.705. The second-order valence-electron chi connectivity index (χ2n) is 6.47. The second kappa shape index (κ2) is 5.80. The number of nitrogens with one attached hydrogen (secondary N) is 1. The Morgan fingerprint density at radius 2 is 2.16 bits per heavy atom. The van der Waals surface area contributed by atoms with Gasteiger partial charge < -0.3 is 10.2 Å². The van der Waals surface area contributed by atoms with Crippen LogP contribution in [0.5, 0.6) is 0 Å². The van der Waals surface area contributed by atoms with Gasteiger partial charge in [-0.15, -0.1) is 11.3 Å². The van der Waals surface area contributed by atoms with Crippen LogP contribution in [0.4, 0.5) is 5.13 Å². The van der Waals surface area contributed by atoms with Crippen LogP contribution in [0, 0.1) is 11.8 Å². The van der Waals surface area contributed by atoms with E-state index in [1.807, 2.05) is 11.3 Å². The van der Waals surface area contributed by atoms with E-state index in [9.17, 15) is 0 Å². The number of thiazole rings is 1. The Morgan fingerprint density at radius 1 is 1.37 bits per heavy atom. The van der Waals surface area contributed by atoms with Crippen LogP contribution < -0.4 is 10.2 Å². The van der Waals surface area contributed by atoms with Gasteiger partial charge in [-0.2, -0.15) is 0 Å². The van der Waals surface area contributed by atoms with E-state index in [0.29, 0.717) is 5.92 Å². The maximum atomic E-state index is 4.83. The highest BCUT2D eigenvalue weighted by molar-refractivity contribution is 7.13. The average molecular weight is 279 g/mol. The van der Waals surface area contributed by atoms with Gasteiger partial charge in [0.2, 0.25) is 0 Å². The zero-order valence-corrected chi connectivity index (χ0v) is 12.9. The number of hydrogen-bond acceptors (Lipinski definition) is 4. The molecule has 0 aliphatic heterocycles. The van der Waals surface area contributed by atoms with E-state index in [2.05, 4.69) is 29.4 Å². The standard InChI is InChI=1S/C15H25N3S/c1-11(2)7-16-8-13-10-19-15(17-13)18(14-5-6-14)9-12-3-4-12/h10-12,14,16H,3-9H2,1-2H3. The molecule has 3 rings (SSSR count). The summed E-state index contributed by atoms with van der Waals surface area (Å²) < 4.78 is 0. The highest BCUT2D eigenvalue weighted by Crippen LogP contribution is 2.38. The maximum absolute atomic E-state index is 4.83. The molecular formula is C15H25N3S. The van der Waals surface area contributed by atoms with Crippen molar-refractivity contribution in [2.24, 2.45) is 11.8 Å². The summed E-state index contributed by atoms with van der Waals surface area (Å²) in [5, 5.41) is 6.96. The molecule has 0 bridgehead atoms. The van der Waals surface area contributed by atoms with E-state index in [-0.39, 0.29) is 0 Å². The van der Waals surface area contributed by atoms with Gasteiger partial charge in [0.25, 0.3) is 0 Å². The Hall–Kier alpha value is -0.610. The second-order valence-corrected chi connectivity index (χ2v) is 7.31. The van der Waals surface area contributed by atoms with Gasteiger partial charge in [0, 0.05) is 24.5 Å². The van der Waals surface area contributed by atoms with Crippen molar-refractivity contribution >= 4 is 16.5 Å². The first kappa shape index (κ1) is 13.4. The molecule has 1 N–H and O–H groups in total. The molecule has 0 radical (unpaired) electrons. The number of rotatable bonds is 8. The predicted molar refractivity (Wildman–Crippen MR) is 81.8 cm³/mol. The third-order valence-corrected chi connectivity index (χ3v) is 4.71. The summed E-state index contributed by atoms with van der Waals surface area (Å²) >= 11 is 1.83. The molecular weight excluding hydrogens is 254 g/mol. The van der Waals surface area contributed by atoms with Crippen LogP contribution in [0.3, 0.4) is 0 Å². The smallest absolute Gasteiger partial charge is 0.185 e. The maximum Gasteiger partial charge on any atom is 0.185 e. The molecule has 0 aromatic carbocycles. The van der Waals surface area contributed by atoms with E-state index in [1.165, 1.54) is 43.1 Å². The third-order valence-electron chi connectivity index (χ3n) is 3.78. The van der Waals surface area contributed by atoms with Crippen LogP contribution in [0.2, 0.25) is 0 Å². The first-order valence-corrected chi connectivity index (χ1v) is 8.52. The zero-order valence-electron chi connectivity index (χ0n) is 12.1. The molecule has 4 heteroatoms. The van der Waals surface area contributed by atoms with Gasteiger partial charge in [-0.3, -0.25) is 0 Å². The summed E-state index contributed by atoms with van der Waals surface area (Å²) in [4.78, 5) is 7.41. The van der Waals surface area contributed by atoms with Crippen molar-refractivity contribution in [3.63, 3.8) is 0 Å². The molecule has 0 saturated heterocycles. The molecule has 2 aliphatic carbocycles. The highest BCUT2D eigenvalue weighted by atomic mass is 32.1. The minimum atomic E-state index is 0.705. The van der Waals surface area contributed by atoms with Crippen LogP contribution in [0.25, 0.3) is 0 Å². The van der Waals surface area contributed by atoms with Crippen LogP contribution >= 0.6 is 11.3 Å². The van der Waals surface area contributed by atoms with E-state index in [4.69, 9.17) is 4.98 Å². The highest BCUT2D eigenvalue weighted by Gasteiger charge is 2.35. The summed E-state index contributed by atoms with van der Waals surface area (Å²) in [5.74, 6) is 1.66. The Balaban J connectivity index is 1.55. The molecule has 2 saturated carbocycles. The van der Waals surface area contributed by atoms with E-state index in [1.54, 1.807) is 0 Å². The van der Waals surface area contributed by atoms with Gasteiger partial charge in [0.05, 0.1) is 5.69 Å². The number of anilines is 1. The van der Waals surface area contributed by atoms with E-state index in [0.717, 1.165) is 25.0 Å². The van der Waals surface area contributed by atoms with Crippen LogP contribution in [0.1, 0.15) is 45.2 Å². The lowest BCUT2D eigenvalue weighted by Crippen LogP contribution is -2.28. The Bertz CT molecular complexity index is 407. The summed E-state index contributed by atoms with van der Waals surface area (Å²) in [6.45, 7) is 7.71.